The quantitative estimate of drug-likeness (QED) is 0.108. The molecular formula is C38H36B2F8N6. The van der Waals surface area contributed by atoms with Crippen LogP contribution >= 0.6 is 0 Å². The molecule has 0 spiro atoms. The van der Waals surface area contributed by atoms with Gasteiger partial charge in [0.25, 0.3) is 11.7 Å². The van der Waals surface area contributed by atoms with Crippen LogP contribution in [0.4, 0.5) is 57.3 Å². The number of benzene rings is 5. The number of fused-ring (bicyclic) bond motifs is 2. The van der Waals surface area contributed by atoms with E-state index in [1.807, 2.05) is 0 Å². The van der Waals surface area contributed by atoms with Crippen molar-refractivity contribution >= 4 is 60.6 Å². The Morgan fingerprint density at radius 1 is 0.444 bits per heavy atom. The highest BCUT2D eigenvalue weighted by Gasteiger charge is 2.36. The molecule has 0 radical (unpaired) electrons. The second kappa shape index (κ2) is 16.3. The van der Waals surface area contributed by atoms with Crippen LogP contribution in [0, 0.1) is 0 Å². The molecule has 0 saturated heterocycles. The number of nitrogens with one attached hydrogen (secondary N) is 2. The van der Waals surface area contributed by atoms with Crippen molar-refractivity contribution in [3.63, 3.8) is 0 Å². The maximum atomic E-state index is 9.75. The lowest BCUT2D eigenvalue weighted by molar-refractivity contribution is -0.406. The van der Waals surface area contributed by atoms with Gasteiger partial charge >= 0.3 is 14.5 Å². The fourth-order valence-corrected chi connectivity index (χ4v) is 6.06. The SMILES string of the molecule is CN(C1=c2cc3c(cc2C(=[N+](C)c2ccccc2)N1)=C(N(C)c1ccccc1)NC3=[N+](C)c1ccccc1)c1ccccc1.F[B-](F)(F)F.F[B-](F)(F)F. The van der Waals surface area contributed by atoms with Gasteiger partial charge in [0.15, 0.2) is 0 Å². The number of anilines is 2. The predicted molar refractivity (Wildman–Crippen MR) is 202 cm³/mol. The molecule has 2 aliphatic heterocycles. The monoisotopic (exact) mass is 750 g/mol. The molecule has 0 atom stereocenters. The van der Waals surface area contributed by atoms with Gasteiger partial charge < -0.3 is 44.3 Å². The van der Waals surface area contributed by atoms with E-state index in [-0.39, 0.29) is 0 Å². The van der Waals surface area contributed by atoms with Crippen LogP contribution in [0.1, 0.15) is 11.1 Å². The van der Waals surface area contributed by atoms with Gasteiger partial charge in [-0.05, 0) is 60.7 Å². The molecule has 16 heteroatoms. The zero-order valence-corrected chi connectivity index (χ0v) is 29.7. The van der Waals surface area contributed by atoms with Crippen molar-refractivity contribution in [2.45, 2.75) is 0 Å². The summed E-state index contributed by atoms with van der Waals surface area (Å²) in [5.41, 5.74) is 6.76. The molecule has 0 aromatic heterocycles. The van der Waals surface area contributed by atoms with Gasteiger partial charge in [-0.2, -0.15) is 0 Å². The summed E-state index contributed by atoms with van der Waals surface area (Å²) in [4.78, 5) is 4.47. The third kappa shape index (κ3) is 9.68. The average Bonchev–Trinajstić information content (AvgIpc) is 3.71. The number of hydrogen-bond acceptors (Lipinski definition) is 2. The summed E-state index contributed by atoms with van der Waals surface area (Å²) in [6.45, 7) is 0. The van der Waals surface area contributed by atoms with Gasteiger partial charge in [0.2, 0.25) is 11.6 Å². The predicted octanol–water partition coefficient (Wildman–Crippen LogP) is 7.34. The van der Waals surface area contributed by atoms with Crippen LogP contribution in [0.25, 0.3) is 11.6 Å². The molecule has 6 nitrogen and oxygen atoms in total. The van der Waals surface area contributed by atoms with Gasteiger partial charge in [0.1, 0.15) is 11.4 Å². The Morgan fingerprint density at radius 3 is 0.981 bits per heavy atom. The van der Waals surface area contributed by atoms with E-state index in [2.05, 4.69) is 191 Å². The molecule has 280 valence electrons. The third-order valence-electron chi connectivity index (χ3n) is 8.57. The van der Waals surface area contributed by atoms with E-state index in [0.29, 0.717) is 0 Å². The smallest absolute Gasteiger partial charge is 0.418 e. The number of nitrogens with zero attached hydrogens (tertiary/aromatic N) is 4. The first-order chi connectivity index (χ1) is 25.5. The fraction of sp³-hybridized carbons (Fsp3) is 0.105. The first-order valence-corrected chi connectivity index (χ1v) is 16.6. The van der Waals surface area contributed by atoms with E-state index in [4.69, 9.17) is 0 Å². The van der Waals surface area contributed by atoms with Crippen molar-refractivity contribution in [1.29, 1.82) is 0 Å². The minimum absolute atomic E-state index is 1.04. The lowest BCUT2D eigenvalue weighted by Gasteiger charge is -2.18. The Bertz CT molecular complexity index is 2090. The lowest BCUT2D eigenvalue weighted by Crippen LogP contribution is -2.33. The Hall–Kier alpha value is -6.05. The van der Waals surface area contributed by atoms with Gasteiger partial charge in [0.05, 0.1) is 35.7 Å². The minimum atomic E-state index is -6.00. The molecule has 5 aromatic carbocycles. The van der Waals surface area contributed by atoms with Crippen LogP contribution in [-0.2, 0) is 0 Å². The van der Waals surface area contributed by atoms with E-state index in [1.165, 1.54) is 0 Å². The van der Waals surface area contributed by atoms with E-state index in [0.717, 1.165) is 67.6 Å². The number of amidine groups is 2. The van der Waals surface area contributed by atoms with Crippen LogP contribution in [0.15, 0.2) is 133 Å². The van der Waals surface area contributed by atoms with Gasteiger partial charge in [-0.15, -0.1) is 0 Å². The Kier molecular flexibility index (Phi) is 11.8. The normalized spacial score (nSPS) is 15.0. The molecule has 0 amide bonds. The van der Waals surface area contributed by atoms with Crippen LogP contribution in [0.2, 0.25) is 0 Å². The van der Waals surface area contributed by atoms with Crippen LogP contribution in [-0.4, -0.2) is 63.5 Å². The summed E-state index contributed by atoms with van der Waals surface area (Å²) in [7, 11) is -3.50. The highest BCUT2D eigenvalue weighted by Crippen LogP contribution is 2.23. The first kappa shape index (κ1) is 39.2. The number of hydrogen-bond donors (Lipinski definition) is 2. The summed E-state index contributed by atoms with van der Waals surface area (Å²) in [6.07, 6.45) is 0. The number of halogens is 8. The largest absolute Gasteiger partial charge is 0.673 e. The zero-order valence-electron chi connectivity index (χ0n) is 29.7. The van der Waals surface area contributed by atoms with Crippen molar-refractivity contribution in [2.75, 3.05) is 38.0 Å². The summed E-state index contributed by atoms with van der Waals surface area (Å²) in [5.74, 6) is 4.16. The summed E-state index contributed by atoms with van der Waals surface area (Å²) < 4.78 is 82.5. The fourth-order valence-electron chi connectivity index (χ4n) is 6.06. The van der Waals surface area contributed by atoms with Gasteiger partial charge in [-0.1, -0.05) is 72.8 Å². The van der Waals surface area contributed by atoms with Crippen molar-refractivity contribution in [3.05, 3.63) is 155 Å². The van der Waals surface area contributed by atoms with Gasteiger partial charge in [0, 0.05) is 25.5 Å². The molecule has 0 fully saturated rings. The maximum Gasteiger partial charge on any atom is 0.673 e. The minimum Gasteiger partial charge on any atom is -0.418 e. The molecule has 54 heavy (non-hydrogen) atoms. The maximum absolute atomic E-state index is 9.75. The summed E-state index contributed by atoms with van der Waals surface area (Å²) in [6, 6.07) is 46.7. The standard InChI is InChI=1S/C38H34N6.2BF4/c1-41(27-17-9-5-10-18-27)35-31-25-33-34(26-32(31)36(39-35)42(2)28-19-11-6-12-20-28)38(44(4)30-23-15-8-16-24-30)40-37(33)43(3)29-21-13-7-14-22-29;2*2-1(3,4)5/h5-26H,1-4H3;;/q;2*-1/p+2. The molecule has 2 N–H and O–H groups in total. The van der Waals surface area contributed by atoms with Crippen LogP contribution in [0.5, 0.6) is 0 Å². The molecule has 2 heterocycles. The van der Waals surface area contributed by atoms with Crippen LogP contribution < -0.4 is 30.9 Å². The van der Waals surface area contributed by atoms with Crippen molar-refractivity contribution in [1.82, 2.24) is 10.6 Å². The Balaban J connectivity index is 0.000000499. The molecule has 7 rings (SSSR count). The lowest BCUT2D eigenvalue weighted by atomic mass is 10.1. The molecule has 0 saturated carbocycles. The molecule has 0 aliphatic carbocycles. The van der Waals surface area contributed by atoms with Crippen molar-refractivity contribution < 1.29 is 43.7 Å². The summed E-state index contributed by atoms with van der Waals surface area (Å²) >= 11 is 0. The molecule has 0 unspecified atom stereocenters. The molecule has 5 aromatic rings. The average molecular weight is 750 g/mol. The third-order valence-corrected chi connectivity index (χ3v) is 8.57. The highest BCUT2D eigenvalue weighted by molar-refractivity contribution is 6.50. The van der Waals surface area contributed by atoms with Gasteiger partial charge in [-0.3, -0.25) is 0 Å². The molecule has 0 bridgehead atoms. The highest BCUT2D eigenvalue weighted by atomic mass is 19.5. The van der Waals surface area contributed by atoms with E-state index >= 15 is 0 Å². The van der Waals surface area contributed by atoms with E-state index in [9.17, 15) is 34.5 Å². The summed E-state index contributed by atoms with van der Waals surface area (Å²) in [5, 5.41) is 9.95. The second-order valence-electron chi connectivity index (χ2n) is 12.2. The number of para-hydroxylation sites is 4. The van der Waals surface area contributed by atoms with E-state index in [1.54, 1.807) is 0 Å². The Labute approximate surface area is 307 Å². The first-order valence-electron chi connectivity index (χ1n) is 16.6. The van der Waals surface area contributed by atoms with Crippen molar-refractivity contribution in [3.8, 4) is 0 Å². The van der Waals surface area contributed by atoms with E-state index < -0.39 is 14.5 Å². The van der Waals surface area contributed by atoms with Crippen molar-refractivity contribution in [2.24, 2.45) is 0 Å². The number of rotatable bonds is 6. The molecule has 2 aliphatic rings. The van der Waals surface area contributed by atoms with Crippen LogP contribution in [0.3, 0.4) is 0 Å². The van der Waals surface area contributed by atoms with Gasteiger partial charge in [-0.25, -0.2) is 19.8 Å². The zero-order chi connectivity index (χ0) is 39.2. The topological polar surface area (TPSA) is 36.6 Å². The second-order valence-corrected chi connectivity index (χ2v) is 12.2. The Morgan fingerprint density at radius 2 is 0.704 bits per heavy atom. The molecular weight excluding hydrogens is 714 g/mol.